The second kappa shape index (κ2) is 9.51. The summed E-state index contributed by atoms with van der Waals surface area (Å²) in [6.45, 7) is 3.37. The second-order valence-electron chi connectivity index (χ2n) is 7.17. The summed E-state index contributed by atoms with van der Waals surface area (Å²) in [6, 6.07) is 9.72. The molecule has 3 rings (SSSR count). The lowest BCUT2D eigenvalue weighted by Crippen LogP contribution is -2.39. The van der Waals surface area contributed by atoms with Crippen molar-refractivity contribution in [3.8, 4) is 0 Å². The lowest BCUT2D eigenvalue weighted by atomic mass is 10.0. The van der Waals surface area contributed by atoms with Gasteiger partial charge in [0.2, 0.25) is 15.9 Å². The zero-order chi connectivity index (χ0) is 20.9. The van der Waals surface area contributed by atoms with Gasteiger partial charge in [-0.25, -0.2) is 8.42 Å². The summed E-state index contributed by atoms with van der Waals surface area (Å²) in [5, 5.41) is 7.23. The van der Waals surface area contributed by atoms with Crippen LogP contribution in [0.15, 0.2) is 46.7 Å². The molecule has 1 fully saturated rings. The Kier molecular flexibility index (Phi) is 7.05. The molecule has 0 spiro atoms. The Morgan fingerprint density at radius 3 is 2.62 bits per heavy atom. The van der Waals surface area contributed by atoms with Crippen molar-refractivity contribution in [1.82, 2.24) is 9.62 Å². The maximum Gasteiger partial charge on any atom is 0.261 e. The molecule has 1 aromatic heterocycles. The number of piperidine rings is 1. The molecule has 0 saturated carbocycles. The summed E-state index contributed by atoms with van der Waals surface area (Å²) >= 11 is 1.34. The molecule has 0 aliphatic carbocycles. The van der Waals surface area contributed by atoms with Crippen LogP contribution in [0.3, 0.4) is 0 Å². The second-order valence-corrected chi connectivity index (χ2v) is 10.1. The zero-order valence-electron chi connectivity index (χ0n) is 16.3. The maximum absolute atomic E-state index is 12.8. The minimum Gasteiger partial charge on any atom is -0.351 e. The highest BCUT2D eigenvalue weighted by atomic mass is 32.2. The van der Waals surface area contributed by atoms with E-state index in [-0.39, 0.29) is 29.7 Å². The molecule has 1 unspecified atom stereocenters. The van der Waals surface area contributed by atoms with E-state index < -0.39 is 10.0 Å². The van der Waals surface area contributed by atoms with E-state index in [2.05, 4.69) is 17.6 Å². The predicted molar refractivity (Wildman–Crippen MR) is 113 cm³/mol. The van der Waals surface area contributed by atoms with Crippen molar-refractivity contribution in [2.24, 2.45) is 5.92 Å². The summed E-state index contributed by atoms with van der Waals surface area (Å²) in [6.07, 6.45) is 2.05. The van der Waals surface area contributed by atoms with Gasteiger partial charge in [-0.05, 0) is 54.5 Å². The number of thiophene rings is 1. The van der Waals surface area contributed by atoms with Crippen LogP contribution in [-0.2, 0) is 14.8 Å². The molecule has 2 N–H and O–H groups in total. The van der Waals surface area contributed by atoms with E-state index in [0.29, 0.717) is 29.6 Å². The molecule has 1 aliphatic rings. The third-order valence-electron chi connectivity index (χ3n) is 4.78. The van der Waals surface area contributed by atoms with E-state index in [0.717, 1.165) is 12.8 Å². The fourth-order valence-electron chi connectivity index (χ4n) is 3.23. The highest BCUT2D eigenvalue weighted by Gasteiger charge is 2.28. The van der Waals surface area contributed by atoms with Crippen molar-refractivity contribution in [3.63, 3.8) is 0 Å². The lowest BCUT2D eigenvalue weighted by Gasteiger charge is -2.30. The molecule has 0 bridgehead atoms. The number of anilines is 1. The summed E-state index contributed by atoms with van der Waals surface area (Å²) in [4.78, 5) is 24.7. The van der Waals surface area contributed by atoms with Crippen LogP contribution < -0.4 is 10.6 Å². The standard InChI is InChI=1S/C20H25N3O4S2/c1-15-4-2-12-23(14-15)29(26,27)17-8-6-16(7-9-17)22-19(24)10-11-21-20(25)18-5-3-13-28-18/h3,5-9,13,15H,2,4,10-12,14H2,1H3,(H,21,25)(H,22,24). The molecule has 9 heteroatoms. The van der Waals surface area contributed by atoms with Crippen LogP contribution in [-0.4, -0.2) is 44.2 Å². The Hall–Kier alpha value is -2.23. The minimum atomic E-state index is -3.51. The van der Waals surface area contributed by atoms with Gasteiger partial charge in [0.05, 0.1) is 9.77 Å². The monoisotopic (exact) mass is 435 g/mol. The first-order chi connectivity index (χ1) is 13.9. The highest BCUT2D eigenvalue weighted by Crippen LogP contribution is 2.24. The van der Waals surface area contributed by atoms with Gasteiger partial charge in [0.15, 0.2) is 0 Å². The van der Waals surface area contributed by atoms with Crippen LogP contribution in [0, 0.1) is 5.92 Å². The molecule has 0 radical (unpaired) electrons. The number of carbonyl (C=O) groups excluding carboxylic acids is 2. The first-order valence-corrected chi connectivity index (χ1v) is 11.9. The first kappa shape index (κ1) is 21.5. The average molecular weight is 436 g/mol. The third kappa shape index (κ3) is 5.65. The molecular formula is C20H25N3O4S2. The van der Waals surface area contributed by atoms with Crippen molar-refractivity contribution < 1.29 is 18.0 Å². The smallest absolute Gasteiger partial charge is 0.261 e. The average Bonchev–Trinajstić information content (AvgIpc) is 3.23. The largest absolute Gasteiger partial charge is 0.351 e. The van der Waals surface area contributed by atoms with E-state index in [4.69, 9.17) is 0 Å². The van der Waals surface area contributed by atoms with Crippen molar-refractivity contribution in [3.05, 3.63) is 46.7 Å². The van der Waals surface area contributed by atoms with Gasteiger partial charge in [-0.1, -0.05) is 13.0 Å². The lowest BCUT2D eigenvalue weighted by molar-refractivity contribution is -0.116. The number of hydrogen-bond donors (Lipinski definition) is 2. The fraction of sp³-hybridized carbons (Fsp3) is 0.400. The molecule has 1 atom stereocenters. The zero-order valence-corrected chi connectivity index (χ0v) is 17.9. The van der Waals surface area contributed by atoms with Gasteiger partial charge in [-0.2, -0.15) is 4.31 Å². The predicted octanol–water partition coefficient (Wildman–Crippen LogP) is 2.93. The molecule has 29 heavy (non-hydrogen) atoms. The Morgan fingerprint density at radius 1 is 1.21 bits per heavy atom. The first-order valence-electron chi connectivity index (χ1n) is 9.58. The van der Waals surface area contributed by atoms with Crippen LogP contribution in [0.2, 0.25) is 0 Å². The Morgan fingerprint density at radius 2 is 1.97 bits per heavy atom. The van der Waals surface area contributed by atoms with Crippen molar-refractivity contribution >= 4 is 38.9 Å². The maximum atomic E-state index is 12.8. The molecule has 2 amide bonds. The van der Waals surface area contributed by atoms with E-state index in [1.54, 1.807) is 24.3 Å². The Balaban J connectivity index is 1.50. The van der Waals surface area contributed by atoms with Crippen LogP contribution in [0.25, 0.3) is 0 Å². The van der Waals surface area contributed by atoms with E-state index in [9.17, 15) is 18.0 Å². The molecule has 1 aromatic carbocycles. The van der Waals surface area contributed by atoms with Gasteiger partial charge in [0, 0.05) is 31.7 Å². The van der Waals surface area contributed by atoms with Gasteiger partial charge >= 0.3 is 0 Å². The number of benzene rings is 1. The summed E-state index contributed by atoms with van der Waals surface area (Å²) in [7, 11) is -3.51. The number of sulfonamides is 1. The van der Waals surface area contributed by atoms with Crippen LogP contribution >= 0.6 is 11.3 Å². The van der Waals surface area contributed by atoms with E-state index in [1.807, 2.05) is 5.38 Å². The topological polar surface area (TPSA) is 95.6 Å². The molecule has 2 heterocycles. The number of hydrogen-bond acceptors (Lipinski definition) is 5. The van der Waals surface area contributed by atoms with E-state index >= 15 is 0 Å². The minimum absolute atomic E-state index is 0.128. The van der Waals surface area contributed by atoms with Crippen molar-refractivity contribution in [2.45, 2.75) is 31.1 Å². The number of amides is 2. The number of nitrogens with zero attached hydrogens (tertiary/aromatic N) is 1. The number of rotatable bonds is 7. The Bertz CT molecular complexity index is 941. The number of nitrogens with one attached hydrogen (secondary N) is 2. The third-order valence-corrected chi connectivity index (χ3v) is 7.53. The van der Waals surface area contributed by atoms with Gasteiger partial charge in [0.25, 0.3) is 5.91 Å². The van der Waals surface area contributed by atoms with E-state index in [1.165, 1.54) is 27.8 Å². The normalized spacial score (nSPS) is 17.6. The number of carbonyl (C=O) groups is 2. The Labute approximate surface area is 175 Å². The molecule has 1 aliphatic heterocycles. The SMILES string of the molecule is CC1CCCN(S(=O)(=O)c2ccc(NC(=O)CCNC(=O)c3cccs3)cc2)C1. The molecular weight excluding hydrogens is 410 g/mol. The van der Waals surface area contributed by atoms with Gasteiger partial charge in [-0.3, -0.25) is 9.59 Å². The van der Waals surface area contributed by atoms with Crippen LogP contribution in [0.4, 0.5) is 5.69 Å². The summed E-state index contributed by atoms with van der Waals surface area (Å²) in [5.74, 6) is -0.0938. The quantitative estimate of drug-likeness (QED) is 0.699. The van der Waals surface area contributed by atoms with Crippen molar-refractivity contribution in [1.29, 1.82) is 0 Å². The van der Waals surface area contributed by atoms with Gasteiger partial charge < -0.3 is 10.6 Å². The van der Waals surface area contributed by atoms with Crippen molar-refractivity contribution in [2.75, 3.05) is 25.0 Å². The summed E-state index contributed by atoms with van der Waals surface area (Å²) in [5.41, 5.74) is 0.519. The molecule has 7 nitrogen and oxygen atoms in total. The van der Waals surface area contributed by atoms with Crippen LogP contribution in [0.1, 0.15) is 35.9 Å². The van der Waals surface area contributed by atoms with Gasteiger partial charge in [0.1, 0.15) is 0 Å². The van der Waals surface area contributed by atoms with Gasteiger partial charge in [-0.15, -0.1) is 11.3 Å². The molecule has 2 aromatic rings. The van der Waals surface area contributed by atoms with Crippen LogP contribution in [0.5, 0.6) is 0 Å². The molecule has 1 saturated heterocycles. The highest BCUT2D eigenvalue weighted by molar-refractivity contribution is 7.89. The fourth-order valence-corrected chi connectivity index (χ4v) is 5.47. The summed E-state index contributed by atoms with van der Waals surface area (Å²) < 4.78 is 27.1. The molecule has 156 valence electrons.